The smallest absolute Gasteiger partial charge is 0.230 e. The molecule has 7 nitrogen and oxygen atoms in total. The normalized spacial score (nSPS) is 29.0. The fourth-order valence-corrected chi connectivity index (χ4v) is 5.08. The van der Waals surface area contributed by atoms with Gasteiger partial charge in [-0.3, -0.25) is 14.7 Å². The standard InChI is InChI=1S/C23H26N4O3/c1-14-4-5-16(10-15(14)2)11-27-13-23-8-6-18(30-23)19(20(23)22(27)29)21(28)26(3)12-17-7-9-24-25-17/h4-10,18-20H,11-13H2,1-3H3,(H,24,25)/t18-,19+,20+,23-/m0/s1. The van der Waals surface area contributed by atoms with E-state index < -0.39 is 17.4 Å². The second-order valence-corrected chi connectivity index (χ2v) is 8.79. The highest BCUT2D eigenvalue weighted by atomic mass is 16.5. The van der Waals surface area contributed by atoms with E-state index in [1.54, 1.807) is 18.1 Å². The van der Waals surface area contributed by atoms with Gasteiger partial charge in [-0.05, 0) is 36.6 Å². The van der Waals surface area contributed by atoms with Crippen LogP contribution in [-0.4, -0.2) is 57.1 Å². The van der Waals surface area contributed by atoms with Gasteiger partial charge in [-0.1, -0.05) is 30.4 Å². The average Bonchev–Trinajstić information content (AvgIpc) is 3.47. The Morgan fingerprint density at radius 1 is 1.33 bits per heavy atom. The Balaban J connectivity index is 1.36. The Labute approximate surface area is 175 Å². The fraction of sp³-hybridized carbons (Fsp3) is 0.435. The lowest BCUT2D eigenvalue weighted by molar-refractivity contribution is -0.142. The average molecular weight is 406 g/mol. The minimum Gasteiger partial charge on any atom is -0.360 e. The van der Waals surface area contributed by atoms with Crippen LogP contribution >= 0.6 is 0 Å². The van der Waals surface area contributed by atoms with Gasteiger partial charge in [0.2, 0.25) is 11.8 Å². The van der Waals surface area contributed by atoms with Gasteiger partial charge in [0.25, 0.3) is 0 Å². The summed E-state index contributed by atoms with van der Waals surface area (Å²) in [5.41, 5.74) is 3.71. The number of nitrogens with zero attached hydrogens (tertiary/aromatic N) is 3. The van der Waals surface area contributed by atoms with Gasteiger partial charge >= 0.3 is 0 Å². The number of likely N-dealkylation sites (tertiary alicyclic amines) is 1. The largest absolute Gasteiger partial charge is 0.360 e. The number of benzene rings is 1. The number of carbonyl (C=O) groups is 2. The highest BCUT2D eigenvalue weighted by Gasteiger charge is 2.67. The summed E-state index contributed by atoms with van der Waals surface area (Å²) in [5.74, 6) is -1.00. The number of hydrogen-bond acceptors (Lipinski definition) is 4. The minimum absolute atomic E-state index is 0.00775. The fourth-order valence-electron chi connectivity index (χ4n) is 5.08. The summed E-state index contributed by atoms with van der Waals surface area (Å²) < 4.78 is 6.24. The Morgan fingerprint density at radius 3 is 2.90 bits per heavy atom. The molecule has 156 valence electrons. The van der Waals surface area contributed by atoms with Crippen molar-refractivity contribution in [3.63, 3.8) is 0 Å². The van der Waals surface area contributed by atoms with Crippen LogP contribution in [0.1, 0.15) is 22.4 Å². The van der Waals surface area contributed by atoms with Crippen molar-refractivity contribution >= 4 is 11.8 Å². The molecule has 1 aromatic heterocycles. The molecule has 5 rings (SSSR count). The molecule has 1 spiro atoms. The lowest BCUT2D eigenvalue weighted by Crippen LogP contribution is -2.44. The SMILES string of the molecule is Cc1ccc(CN2C[C@]34C=C[C@H](O3)[C@@H](C(=O)N(C)Cc3ccn[nH]3)[C@@H]4C2=O)cc1C. The number of hydrogen-bond donors (Lipinski definition) is 1. The van der Waals surface area contributed by atoms with Crippen molar-refractivity contribution in [1.29, 1.82) is 0 Å². The first-order chi connectivity index (χ1) is 14.4. The summed E-state index contributed by atoms with van der Waals surface area (Å²) in [6.07, 6.45) is 5.28. The van der Waals surface area contributed by atoms with Gasteiger partial charge in [0.1, 0.15) is 5.60 Å². The molecule has 3 aliphatic heterocycles. The number of fused-ring (bicyclic) bond motifs is 1. The molecule has 2 saturated heterocycles. The van der Waals surface area contributed by atoms with E-state index in [2.05, 4.69) is 42.2 Å². The molecule has 4 atom stereocenters. The molecule has 1 N–H and O–H groups in total. The van der Waals surface area contributed by atoms with Crippen LogP contribution in [0.2, 0.25) is 0 Å². The van der Waals surface area contributed by atoms with Crippen LogP contribution in [0.5, 0.6) is 0 Å². The third-order valence-corrected chi connectivity index (χ3v) is 6.75. The first-order valence-corrected chi connectivity index (χ1v) is 10.3. The zero-order chi connectivity index (χ0) is 21.0. The number of aromatic amines is 1. The summed E-state index contributed by atoms with van der Waals surface area (Å²) in [5, 5.41) is 6.82. The third-order valence-electron chi connectivity index (χ3n) is 6.75. The number of H-pyrrole nitrogens is 1. The lowest BCUT2D eigenvalue weighted by atomic mass is 9.76. The molecule has 0 radical (unpaired) electrons. The quantitative estimate of drug-likeness (QED) is 0.770. The Bertz CT molecular complexity index is 1030. The number of carbonyl (C=O) groups excluding carboxylic acids is 2. The number of aryl methyl sites for hydroxylation is 2. The summed E-state index contributed by atoms with van der Waals surface area (Å²) in [7, 11) is 1.76. The van der Waals surface area contributed by atoms with E-state index in [0.717, 1.165) is 11.3 Å². The summed E-state index contributed by atoms with van der Waals surface area (Å²) in [4.78, 5) is 30.2. The first-order valence-electron chi connectivity index (χ1n) is 10.3. The van der Waals surface area contributed by atoms with E-state index in [1.807, 2.05) is 23.1 Å². The van der Waals surface area contributed by atoms with Crippen LogP contribution in [0.3, 0.4) is 0 Å². The second-order valence-electron chi connectivity index (χ2n) is 8.79. The van der Waals surface area contributed by atoms with Crippen LogP contribution in [-0.2, 0) is 27.4 Å². The van der Waals surface area contributed by atoms with Crippen LogP contribution in [0.25, 0.3) is 0 Å². The summed E-state index contributed by atoms with van der Waals surface area (Å²) >= 11 is 0. The zero-order valence-electron chi connectivity index (χ0n) is 17.5. The maximum absolute atomic E-state index is 13.4. The second kappa shape index (κ2) is 6.80. The van der Waals surface area contributed by atoms with Crippen molar-refractivity contribution < 1.29 is 14.3 Å². The maximum Gasteiger partial charge on any atom is 0.230 e. The number of aromatic nitrogens is 2. The molecule has 4 heterocycles. The molecule has 1 aromatic carbocycles. The van der Waals surface area contributed by atoms with Gasteiger partial charge in [-0.25, -0.2) is 0 Å². The van der Waals surface area contributed by atoms with E-state index >= 15 is 0 Å². The molecule has 2 bridgehead atoms. The van der Waals surface area contributed by atoms with E-state index in [1.165, 1.54) is 11.1 Å². The molecule has 2 amide bonds. The van der Waals surface area contributed by atoms with Crippen molar-refractivity contribution in [3.8, 4) is 0 Å². The highest BCUT2D eigenvalue weighted by Crippen LogP contribution is 2.52. The van der Waals surface area contributed by atoms with Crippen LogP contribution in [0.4, 0.5) is 0 Å². The van der Waals surface area contributed by atoms with Gasteiger partial charge in [0.05, 0.1) is 36.7 Å². The van der Waals surface area contributed by atoms with Crippen LogP contribution in [0, 0.1) is 25.7 Å². The van der Waals surface area contributed by atoms with Gasteiger partial charge in [0.15, 0.2) is 0 Å². The van der Waals surface area contributed by atoms with Gasteiger partial charge in [-0.15, -0.1) is 0 Å². The molecule has 0 saturated carbocycles. The third kappa shape index (κ3) is 2.88. The van der Waals surface area contributed by atoms with Gasteiger partial charge in [0, 0.05) is 19.8 Å². The van der Waals surface area contributed by atoms with E-state index in [-0.39, 0.29) is 17.9 Å². The molecule has 7 heteroatoms. The van der Waals surface area contributed by atoms with E-state index in [9.17, 15) is 9.59 Å². The predicted octanol–water partition coefficient (Wildman–Crippen LogP) is 1.97. The van der Waals surface area contributed by atoms with Gasteiger partial charge < -0.3 is 14.5 Å². The predicted molar refractivity (Wildman–Crippen MR) is 110 cm³/mol. The Kier molecular flexibility index (Phi) is 4.32. The van der Waals surface area contributed by atoms with E-state index in [0.29, 0.717) is 19.6 Å². The molecule has 30 heavy (non-hydrogen) atoms. The zero-order valence-corrected chi connectivity index (χ0v) is 17.5. The number of nitrogens with one attached hydrogen (secondary N) is 1. The lowest BCUT2D eigenvalue weighted by Gasteiger charge is -2.27. The number of ether oxygens (including phenoxy) is 1. The Hall–Kier alpha value is -2.93. The first kappa shape index (κ1) is 19.1. The summed E-state index contributed by atoms with van der Waals surface area (Å²) in [6, 6.07) is 8.12. The number of rotatable bonds is 5. The Morgan fingerprint density at radius 2 is 2.17 bits per heavy atom. The number of amides is 2. The molecule has 0 aliphatic carbocycles. The molecule has 2 aromatic rings. The maximum atomic E-state index is 13.4. The van der Waals surface area contributed by atoms with Crippen molar-refractivity contribution in [2.45, 2.75) is 38.6 Å². The van der Waals surface area contributed by atoms with Crippen LogP contribution < -0.4 is 0 Å². The van der Waals surface area contributed by atoms with Crippen molar-refractivity contribution in [1.82, 2.24) is 20.0 Å². The van der Waals surface area contributed by atoms with Crippen molar-refractivity contribution in [2.24, 2.45) is 11.8 Å². The molecule has 3 aliphatic rings. The molecular weight excluding hydrogens is 380 g/mol. The topological polar surface area (TPSA) is 78.5 Å². The molecular formula is C23H26N4O3. The van der Waals surface area contributed by atoms with E-state index in [4.69, 9.17) is 4.74 Å². The van der Waals surface area contributed by atoms with Crippen molar-refractivity contribution in [3.05, 3.63) is 65.0 Å². The molecule has 0 unspecified atom stereocenters. The van der Waals surface area contributed by atoms with Crippen molar-refractivity contribution in [2.75, 3.05) is 13.6 Å². The van der Waals surface area contributed by atoms with Crippen LogP contribution in [0.15, 0.2) is 42.6 Å². The highest BCUT2D eigenvalue weighted by molar-refractivity contribution is 5.93. The van der Waals surface area contributed by atoms with Gasteiger partial charge in [-0.2, -0.15) is 5.10 Å². The monoisotopic (exact) mass is 406 g/mol. The minimum atomic E-state index is -0.684. The molecule has 2 fully saturated rings. The summed E-state index contributed by atoms with van der Waals surface area (Å²) in [6.45, 7) is 5.61.